The van der Waals surface area contributed by atoms with Crippen molar-refractivity contribution in [1.29, 1.82) is 0 Å². The molecule has 0 spiro atoms. The van der Waals surface area contributed by atoms with Crippen molar-refractivity contribution in [2.45, 2.75) is 25.4 Å². The lowest BCUT2D eigenvalue weighted by atomic mass is 10.2. The number of rotatable bonds is 3. The van der Waals surface area contributed by atoms with Crippen LogP contribution in [0.3, 0.4) is 0 Å². The molecule has 5 heteroatoms. The van der Waals surface area contributed by atoms with Crippen LogP contribution in [-0.2, 0) is 6.54 Å². The van der Waals surface area contributed by atoms with Crippen LogP contribution in [0.25, 0.3) is 0 Å². The van der Waals surface area contributed by atoms with Gasteiger partial charge in [-0.25, -0.2) is 0 Å². The Morgan fingerprint density at radius 2 is 2.33 bits per heavy atom. The fourth-order valence-electron chi connectivity index (χ4n) is 1.94. The van der Waals surface area contributed by atoms with Gasteiger partial charge < -0.3 is 15.7 Å². The summed E-state index contributed by atoms with van der Waals surface area (Å²) >= 11 is 0. The predicted octanol–water partition coefficient (Wildman–Crippen LogP) is -0.104. The smallest absolute Gasteiger partial charge is 0.151 e. The summed E-state index contributed by atoms with van der Waals surface area (Å²) in [6, 6.07) is 4.00. The standard InChI is InChI=1S/C10H16N4O/c11-6-8-3-4-10(13-12-8)14-5-1-2-9(14)7-15/h3-4,9,15H,1-2,5-7,11H2. The summed E-state index contributed by atoms with van der Waals surface area (Å²) in [6.45, 7) is 1.54. The molecule has 5 nitrogen and oxygen atoms in total. The number of aliphatic hydroxyl groups excluding tert-OH is 1. The van der Waals surface area contributed by atoms with E-state index in [-0.39, 0.29) is 12.6 Å². The first-order chi connectivity index (χ1) is 7.35. The molecule has 1 unspecified atom stereocenters. The first kappa shape index (κ1) is 10.3. The van der Waals surface area contributed by atoms with Gasteiger partial charge in [0.1, 0.15) is 0 Å². The maximum atomic E-state index is 9.19. The molecule has 0 amide bonds. The van der Waals surface area contributed by atoms with Gasteiger partial charge in [0.2, 0.25) is 0 Å². The number of aliphatic hydroxyl groups is 1. The van der Waals surface area contributed by atoms with Gasteiger partial charge >= 0.3 is 0 Å². The molecule has 15 heavy (non-hydrogen) atoms. The van der Waals surface area contributed by atoms with Crippen molar-refractivity contribution in [1.82, 2.24) is 10.2 Å². The molecule has 0 aliphatic carbocycles. The minimum atomic E-state index is 0.181. The first-order valence-electron chi connectivity index (χ1n) is 5.25. The molecule has 0 saturated carbocycles. The quantitative estimate of drug-likeness (QED) is 0.725. The molecule has 1 aromatic heterocycles. The number of nitrogens with two attached hydrogens (primary N) is 1. The minimum absolute atomic E-state index is 0.181. The second kappa shape index (κ2) is 4.55. The van der Waals surface area contributed by atoms with Crippen molar-refractivity contribution in [3.8, 4) is 0 Å². The van der Waals surface area contributed by atoms with Crippen LogP contribution in [0.2, 0.25) is 0 Å². The van der Waals surface area contributed by atoms with E-state index in [2.05, 4.69) is 15.1 Å². The molecule has 1 saturated heterocycles. The highest BCUT2D eigenvalue weighted by atomic mass is 16.3. The monoisotopic (exact) mass is 208 g/mol. The zero-order valence-corrected chi connectivity index (χ0v) is 8.63. The summed E-state index contributed by atoms with van der Waals surface area (Å²) < 4.78 is 0. The Bertz CT molecular complexity index is 314. The molecule has 1 atom stereocenters. The molecule has 2 rings (SSSR count). The van der Waals surface area contributed by atoms with E-state index in [0.717, 1.165) is 30.9 Å². The molecule has 1 fully saturated rings. The zero-order chi connectivity index (χ0) is 10.7. The third-order valence-electron chi connectivity index (χ3n) is 2.80. The number of hydrogen-bond acceptors (Lipinski definition) is 5. The van der Waals surface area contributed by atoms with E-state index in [0.29, 0.717) is 6.54 Å². The second-order valence-corrected chi connectivity index (χ2v) is 3.76. The summed E-state index contributed by atoms with van der Waals surface area (Å²) in [6.07, 6.45) is 2.13. The molecule has 0 aromatic carbocycles. The van der Waals surface area contributed by atoms with Crippen LogP contribution in [-0.4, -0.2) is 34.5 Å². The van der Waals surface area contributed by atoms with E-state index in [4.69, 9.17) is 5.73 Å². The summed E-state index contributed by atoms with van der Waals surface area (Å²) in [4.78, 5) is 2.10. The third-order valence-corrected chi connectivity index (χ3v) is 2.80. The Morgan fingerprint density at radius 3 is 2.93 bits per heavy atom. The Labute approximate surface area is 88.9 Å². The molecule has 3 N–H and O–H groups in total. The zero-order valence-electron chi connectivity index (χ0n) is 8.63. The van der Waals surface area contributed by atoms with E-state index in [1.807, 2.05) is 12.1 Å². The summed E-state index contributed by atoms with van der Waals surface area (Å²) in [7, 11) is 0. The molecular weight excluding hydrogens is 192 g/mol. The lowest BCUT2D eigenvalue weighted by Crippen LogP contribution is -2.32. The largest absolute Gasteiger partial charge is 0.394 e. The lowest BCUT2D eigenvalue weighted by molar-refractivity contribution is 0.266. The van der Waals surface area contributed by atoms with Crippen LogP contribution >= 0.6 is 0 Å². The van der Waals surface area contributed by atoms with Crippen molar-refractivity contribution >= 4 is 5.82 Å². The predicted molar refractivity (Wildman–Crippen MR) is 57.4 cm³/mol. The van der Waals surface area contributed by atoms with Gasteiger partial charge in [0.25, 0.3) is 0 Å². The van der Waals surface area contributed by atoms with Crippen molar-refractivity contribution in [3.63, 3.8) is 0 Å². The fraction of sp³-hybridized carbons (Fsp3) is 0.600. The van der Waals surface area contributed by atoms with Crippen LogP contribution < -0.4 is 10.6 Å². The number of aromatic nitrogens is 2. The Hall–Kier alpha value is -1.20. The van der Waals surface area contributed by atoms with Gasteiger partial charge in [-0.3, -0.25) is 0 Å². The molecule has 1 aliphatic heterocycles. The van der Waals surface area contributed by atoms with Crippen molar-refractivity contribution in [2.24, 2.45) is 5.73 Å². The van der Waals surface area contributed by atoms with Crippen LogP contribution in [0, 0.1) is 0 Å². The molecule has 82 valence electrons. The Balaban J connectivity index is 2.14. The van der Waals surface area contributed by atoms with Gasteiger partial charge in [0.15, 0.2) is 5.82 Å². The molecule has 0 radical (unpaired) electrons. The van der Waals surface area contributed by atoms with E-state index < -0.39 is 0 Å². The van der Waals surface area contributed by atoms with Gasteiger partial charge in [0.05, 0.1) is 18.3 Å². The second-order valence-electron chi connectivity index (χ2n) is 3.76. The average Bonchev–Trinajstić information content (AvgIpc) is 2.77. The SMILES string of the molecule is NCc1ccc(N2CCCC2CO)nn1. The molecular formula is C10H16N4O. The lowest BCUT2D eigenvalue weighted by Gasteiger charge is -2.23. The maximum absolute atomic E-state index is 9.19. The van der Waals surface area contributed by atoms with Crippen LogP contribution in [0.5, 0.6) is 0 Å². The number of anilines is 1. The van der Waals surface area contributed by atoms with Crippen molar-refractivity contribution in [2.75, 3.05) is 18.1 Å². The highest BCUT2D eigenvalue weighted by Crippen LogP contribution is 2.22. The van der Waals surface area contributed by atoms with Crippen LogP contribution in [0.1, 0.15) is 18.5 Å². The topological polar surface area (TPSA) is 75.3 Å². The third kappa shape index (κ3) is 2.08. The fourth-order valence-corrected chi connectivity index (χ4v) is 1.94. The van der Waals surface area contributed by atoms with E-state index in [1.54, 1.807) is 0 Å². The molecule has 0 bridgehead atoms. The van der Waals surface area contributed by atoms with Gasteiger partial charge in [-0.15, -0.1) is 5.10 Å². The minimum Gasteiger partial charge on any atom is -0.394 e. The van der Waals surface area contributed by atoms with E-state index >= 15 is 0 Å². The summed E-state index contributed by atoms with van der Waals surface area (Å²) in [5.41, 5.74) is 6.24. The number of nitrogens with zero attached hydrogens (tertiary/aromatic N) is 3. The Morgan fingerprint density at radius 1 is 1.47 bits per heavy atom. The van der Waals surface area contributed by atoms with Crippen LogP contribution in [0.4, 0.5) is 5.82 Å². The van der Waals surface area contributed by atoms with Gasteiger partial charge in [-0.05, 0) is 25.0 Å². The normalized spacial score (nSPS) is 20.9. The van der Waals surface area contributed by atoms with E-state index in [1.165, 1.54) is 0 Å². The van der Waals surface area contributed by atoms with Crippen molar-refractivity contribution < 1.29 is 5.11 Å². The summed E-state index contributed by atoms with van der Waals surface area (Å²) in [5.74, 6) is 0.837. The maximum Gasteiger partial charge on any atom is 0.151 e. The van der Waals surface area contributed by atoms with Gasteiger partial charge in [-0.1, -0.05) is 0 Å². The highest BCUT2D eigenvalue weighted by Gasteiger charge is 2.24. The molecule has 1 aliphatic rings. The summed E-state index contributed by atoms with van der Waals surface area (Å²) in [5, 5.41) is 17.3. The first-order valence-corrected chi connectivity index (χ1v) is 5.25. The number of hydrogen-bond donors (Lipinski definition) is 2. The molecule has 1 aromatic rings. The van der Waals surface area contributed by atoms with Crippen LogP contribution in [0.15, 0.2) is 12.1 Å². The van der Waals surface area contributed by atoms with E-state index in [9.17, 15) is 5.11 Å². The average molecular weight is 208 g/mol. The van der Waals surface area contributed by atoms with Gasteiger partial charge in [-0.2, -0.15) is 5.10 Å². The van der Waals surface area contributed by atoms with Crippen molar-refractivity contribution in [3.05, 3.63) is 17.8 Å². The highest BCUT2D eigenvalue weighted by molar-refractivity contribution is 5.40. The Kier molecular flexibility index (Phi) is 3.13. The molecule has 2 heterocycles. The van der Waals surface area contributed by atoms with Gasteiger partial charge in [0, 0.05) is 13.1 Å².